The first-order valence-corrected chi connectivity index (χ1v) is 10.1. The fraction of sp³-hybridized carbons (Fsp3) is 0.619. The predicted octanol–water partition coefficient (Wildman–Crippen LogP) is 5.14. The normalized spacial score (nSPS) is 27.1. The fourth-order valence-electron chi connectivity index (χ4n) is 5.44. The number of rotatable bonds is 3. The summed E-state index contributed by atoms with van der Waals surface area (Å²) in [4.78, 5) is 14.2. The minimum atomic E-state index is 0.118. The summed E-state index contributed by atoms with van der Waals surface area (Å²) in [5.74, 6) is 1.19. The zero-order chi connectivity index (χ0) is 18.6. The highest BCUT2D eigenvalue weighted by molar-refractivity contribution is 6.31. The summed E-state index contributed by atoms with van der Waals surface area (Å²) in [7, 11) is 0. The summed E-state index contributed by atoms with van der Waals surface area (Å²) in [5.41, 5.74) is 2.46. The molecule has 2 aliphatic rings. The van der Waals surface area contributed by atoms with Crippen molar-refractivity contribution in [3.8, 4) is 0 Å². The number of hydrogen-bond acceptors (Lipinski definition) is 2. The van der Waals surface area contributed by atoms with Crippen LogP contribution in [0.3, 0.4) is 0 Å². The number of aromatic amines is 1. The van der Waals surface area contributed by atoms with Gasteiger partial charge in [-0.05, 0) is 60.6 Å². The zero-order valence-corrected chi connectivity index (χ0v) is 16.8. The topological polar surface area (TPSA) is 49.0 Å². The van der Waals surface area contributed by atoms with E-state index in [1.807, 2.05) is 12.3 Å². The van der Waals surface area contributed by atoms with E-state index in [1.54, 1.807) is 6.92 Å². The van der Waals surface area contributed by atoms with Gasteiger partial charge in [-0.3, -0.25) is 9.89 Å². The number of H-pyrrole nitrogens is 1. The Balaban J connectivity index is 1.64. The smallest absolute Gasteiger partial charge is 0.219 e. The van der Waals surface area contributed by atoms with Gasteiger partial charge in [-0.15, -0.1) is 0 Å². The highest BCUT2D eigenvalue weighted by Crippen LogP contribution is 2.52. The minimum Gasteiger partial charge on any atom is -0.337 e. The summed E-state index contributed by atoms with van der Waals surface area (Å²) in [6.45, 7) is 8.80. The molecule has 4 nitrogen and oxygen atoms in total. The Morgan fingerprint density at radius 3 is 2.58 bits per heavy atom. The fourth-order valence-corrected chi connectivity index (χ4v) is 5.68. The highest BCUT2D eigenvalue weighted by atomic mass is 35.5. The summed E-state index contributed by atoms with van der Waals surface area (Å²) in [6, 6.07) is 4.91. The van der Waals surface area contributed by atoms with Crippen molar-refractivity contribution >= 4 is 28.4 Å². The molecule has 0 aliphatic carbocycles. The monoisotopic (exact) mass is 373 g/mol. The molecule has 2 aliphatic heterocycles. The van der Waals surface area contributed by atoms with Crippen LogP contribution in [0.2, 0.25) is 5.02 Å². The summed E-state index contributed by atoms with van der Waals surface area (Å²) >= 11 is 6.39. The maximum atomic E-state index is 12.0. The molecule has 2 fully saturated rings. The third-order valence-electron chi connectivity index (χ3n) is 7.28. The number of halogens is 1. The van der Waals surface area contributed by atoms with Crippen LogP contribution in [0.1, 0.15) is 64.9 Å². The number of fused-ring (bicyclic) bond motifs is 3. The molecule has 2 aromatic rings. The molecule has 5 heteroatoms. The molecule has 2 unspecified atom stereocenters. The van der Waals surface area contributed by atoms with Gasteiger partial charge in [-0.1, -0.05) is 32.4 Å². The molecule has 0 radical (unpaired) electrons. The van der Waals surface area contributed by atoms with E-state index in [0.717, 1.165) is 41.6 Å². The third-order valence-corrected chi connectivity index (χ3v) is 7.49. The van der Waals surface area contributed by atoms with Crippen molar-refractivity contribution in [2.75, 3.05) is 0 Å². The Bertz CT molecular complexity index is 829. The number of benzene rings is 1. The molecule has 26 heavy (non-hydrogen) atoms. The van der Waals surface area contributed by atoms with Crippen LogP contribution < -0.4 is 0 Å². The van der Waals surface area contributed by atoms with E-state index >= 15 is 0 Å². The summed E-state index contributed by atoms with van der Waals surface area (Å²) in [6.07, 6.45) is 6.39. The van der Waals surface area contributed by atoms with Crippen LogP contribution in [-0.2, 0) is 4.79 Å². The van der Waals surface area contributed by atoms with Crippen molar-refractivity contribution in [1.29, 1.82) is 0 Å². The Labute approximate surface area is 160 Å². The average Bonchev–Trinajstić information content (AvgIpc) is 3.15. The van der Waals surface area contributed by atoms with Gasteiger partial charge < -0.3 is 4.90 Å². The number of amides is 1. The number of hydrogen-bond donors (Lipinski definition) is 1. The maximum Gasteiger partial charge on any atom is 0.219 e. The lowest BCUT2D eigenvalue weighted by atomic mass is 9.63. The molecule has 0 saturated carbocycles. The van der Waals surface area contributed by atoms with E-state index in [2.05, 4.69) is 41.9 Å². The Hall–Kier alpha value is -1.55. The van der Waals surface area contributed by atoms with Crippen LogP contribution in [0, 0.1) is 11.3 Å². The number of carbonyl (C=O) groups is 1. The Morgan fingerprint density at radius 2 is 1.96 bits per heavy atom. The highest BCUT2D eigenvalue weighted by Gasteiger charge is 2.47. The SMILES string of the molecule is CC(=O)N1[C@@H]2CC[C@H]1CC(C(C)(C)C(C)c1cc(Cl)cc3cn[nH]c13)C2. The van der Waals surface area contributed by atoms with Gasteiger partial charge >= 0.3 is 0 Å². The average molecular weight is 374 g/mol. The molecule has 2 bridgehead atoms. The van der Waals surface area contributed by atoms with Crippen LogP contribution in [0.4, 0.5) is 0 Å². The van der Waals surface area contributed by atoms with Gasteiger partial charge in [0.2, 0.25) is 5.91 Å². The van der Waals surface area contributed by atoms with Crippen LogP contribution in [0.15, 0.2) is 18.3 Å². The molecular weight excluding hydrogens is 346 g/mol. The number of nitrogens with one attached hydrogen (secondary N) is 1. The molecule has 1 amide bonds. The molecule has 0 spiro atoms. The van der Waals surface area contributed by atoms with Gasteiger partial charge in [-0.2, -0.15) is 5.10 Å². The number of carbonyl (C=O) groups excluding carboxylic acids is 1. The first kappa shape index (κ1) is 17.8. The molecule has 1 N–H and O–H groups in total. The Kier molecular flexibility index (Phi) is 4.30. The van der Waals surface area contributed by atoms with E-state index < -0.39 is 0 Å². The molecule has 4 rings (SSSR count). The second-order valence-electron chi connectivity index (χ2n) is 8.85. The predicted molar refractivity (Wildman–Crippen MR) is 105 cm³/mol. The van der Waals surface area contributed by atoms with E-state index in [9.17, 15) is 4.79 Å². The van der Waals surface area contributed by atoms with Crippen molar-refractivity contribution < 1.29 is 4.79 Å². The number of piperidine rings is 1. The van der Waals surface area contributed by atoms with Crippen molar-refractivity contribution in [2.24, 2.45) is 11.3 Å². The van der Waals surface area contributed by atoms with Crippen molar-refractivity contribution in [2.45, 2.75) is 71.4 Å². The van der Waals surface area contributed by atoms with E-state index in [1.165, 1.54) is 5.56 Å². The summed E-state index contributed by atoms with van der Waals surface area (Å²) < 4.78 is 0. The van der Waals surface area contributed by atoms with Crippen molar-refractivity contribution in [3.05, 3.63) is 28.9 Å². The van der Waals surface area contributed by atoms with E-state index in [4.69, 9.17) is 11.6 Å². The zero-order valence-electron chi connectivity index (χ0n) is 16.1. The van der Waals surface area contributed by atoms with Gasteiger partial charge in [0.25, 0.3) is 0 Å². The first-order chi connectivity index (χ1) is 12.3. The quantitative estimate of drug-likeness (QED) is 0.810. The first-order valence-electron chi connectivity index (χ1n) is 9.70. The van der Waals surface area contributed by atoms with Crippen LogP contribution in [0.25, 0.3) is 10.9 Å². The lowest BCUT2D eigenvalue weighted by molar-refractivity contribution is -0.135. The lowest BCUT2D eigenvalue weighted by Gasteiger charge is -2.47. The molecule has 140 valence electrons. The van der Waals surface area contributed by atoms with Gasteiger partial charge in [0.15, 0.2) is 0 Å². The molecular formula is C21H28ClN3O. The van der Waals surface area contributed by atoms with E-state index in [0.29, 0.717) is 23.9 Å². The minimum absolute atomic E-state index is 0.118. The number of aromatic nitrogens is 2. The molecule has 4 atom stereocenters. The van der Waals surface area contributed by atoms with Gasteiger partial charge in [0.1, 0.15) is 0 Å². The number of nitrogens with zero attached hydrogens (tertiary/aromatic N) is 2. The second-order valence-corrected chi connectivity index (χ2v) is 9.29. The lowest BCUT2D eigenvalue weighted by Crippen LogP contribution is -2.49. The second kappa shape index (κ2) is 6.26. The van der Waals surface area contributed by atoms with Crippen LogP contribution >= 0.6 is 11.6 Å². The maximum absolute atomic E-state index is 12.0. The van der Waals surface area contributed by atoms with Gasteiger partial charge in [-0.25, -0.2) is 0 Å². The van der Waals surface area contributed by atoms with Gasteiger partial charge in [0, 0.05) is 29.4 Å². The molecule has 1 aromatic heterocycles. The molecule has 2 saturated heterocycles. The van der Waals surface area contributed by atoms with Crippen molar-refractivity contribution in [1.82, 2.24) is 15.1 Å². The van der Waals surface area contributed by atoms with Crippen LogP contribution in [-0.4, -0.2) is 33.1 Å². The summed E-state index contributed by atoms with van der Waals surface area (Å²) in [5, 5.41) is 9.21. The van der Waals surface area contributed by atoms with Crippen LogP contribution in [0.5, 0.6) is 0 Å². The van der Waals surface area contributed by atoms with Gasteiger partial charge in [0.05, 0.1) is 11.7 Å². The molecule has 1 aromatic carbocycles. The largest absolute Gasteiger partial charge is 0.337 e. The Morgan fingerprint density at radius 1 is 1.31 bits per heavy atom. The molecule has 3 heterocycles. The van der Waals surface area contributed by atoms with E-state index in [-0.39, 0.29) is 11.3 Å². The third kappa shape index (κ3) is 2.74. The standard InChI is InChI=1S/C21H28ClN3O/c1-12(19-10-16(22)7-14-11-23-24-20(14)19)21(3,4)15-8-17-5-6-18(9-15)25(17)13(2)26/h7,10-12,15,17-18H,5-6,8-9H2,1-4H3,(H,23,24)/t12?,15?,17-,18+. The van der Waals surface area contributed by atoms with Crippen molar-refractivity contribution in [3.63, 3.8) is 0 Å².